The third-order valence-corrected chi connectivity index (χ3v) is 5.56. The van der Waals surface area contributed by atoms with Crippen LogP contribution in [0.5, 0.6) is 5.75 Å². The minimum atomic E-state index is -0.461. The van der Waals surface area contributed by atoms with E-state index in [4.69, 9.17) is 4.74 Å². The number of thioether (sulfide) groups is 1. The molecule has 1 N–H and O–H groups in total. The molecule has 6 nitrogen and oxygen atoms in total. The Bertz CT molecular complexity index is 736. The van der Waals surface area contributed by atoms with Crippen molar-refractivity contribution in [2.24, 2.45) is 0 Å². The number of thiazole rings is 1. The molecule has 1 atom stereocenters. The van der Waals surface area contributed by atoms with Gasteiger partial charge in [-0.05, 0) is 19.1 Å². The highest BCUT2D eigenvalue weighted by atomic mass is 32.2. The van der Waals surface area contributed by atoms with Crippen LogP contribution in [0.3, 0.4) is 0 Å². The van der Waals surface area contributed by atoms with E-state index in [1.54, 1.807) is 40.1 Å². The van der Waals surface area contributed by atoms with E-state index in [1.807, 2.05) is 30.5 Å². The van der Waals surface area contributed by atoms with Crippen LogP contribution in [0.4, 0.5) is 0 Å². The van der Waals surface area contributed by atoms with E-state index in [1.165, 1.54) is 0 Å². The predicted molar refractivity (Wildman–Crippen MR) is 98.6 cm³/mol. The van der Waals surface area contributed by atoms with E-state index in [0.29, 0.717) is 23.9 Å². The maximum atomic E-state index is 12.4. The first-order chi connectivity index (χ1) is 12.1. The van der Waals surface area contributed by atoms with Crippen LogP contribution in [0.15, 0.2) is 35.7 Å². The fourth-order valence-corrected chi connectivity index (χ4v) is 4.23. The van der Waals surface area contributed by atoms with Crippen molar-refractivity contribution in [1.82, 2.24) is 15.2 Å². The number of para-hydroxylation sites is 1. The van der Waals surface area contributed by atoms with Gasteiger partial charge in [0.15, 0.2) is 6.61 Å². The minimum absolute atomic E-state index is 0.0698. The molecule has 0 aliphatic carbocycles. The van der Waals surface area contributed by atoms with Gasteiger partial charge in [0.05, 0.1) is 23.1 Å². The molecule has 132 valence electrons. The molecule has 1 aliphatic heterocycles. The van der Waals surface area contributed by atoms with Gasteiger partial charge in [-0.1, -0.05) is 18.2 Å². The minimum Gasteiger partial charge on any atom is -0.484 e. The monoisotopic (exact) mass is 377 g/mol. The summed E-state index contributed by atoms with van der Waals surface area (Å²) in [6.07, 6.45) is 0. The lowest BCUT2D eigenvalue weighted by Gasteiger charge is -2.23. The van der Waals surface area contributed by atoms with Gasteiger partial charge in [-0.25, -0.2) is 4.98 Å². The molecule has 3 rings (SSSR count). The van der Waals surface area contributed by atoms with Crippen molar-refractivity contribution in [3.05, 3.63) is 46.4 Å². The molecule has 0 spiro atoms. The summed E-state index contributed by atoms with van der Waals surface area (Å²) in [5.41, 5.74) is 0.840. The van der Waals surface area contributed by atoms with Crippen molar-refractivity contribution in [1.29, 1.82) is 0 Å². The zero-order valence-corrected chi connectivity index (χ0v) is 15.4. The van der Waals surface area contributed by atoms with Crippen LogP contribution in [-0.4, -0.2) is 46.0 Å². The molecule has 2 heterocycles. The van der Waals surface area contributed by atoms with Crippen LogP contribution in [0.25, 0.3) is 0 Å². The lowest BCUT2D eigenvalue weighted by molar-refractivity contribution is -0.139. The number of rotatable bonds is 6. The normalized spacial score (nSPS) is 16.7. The third-order valence-electron chi connectivity index (χ3n) is 3.72. The summed E-state index contributed by atoms with van der Waals surface area (Å²) >= 11 is 3.12. The van der Waals surface area contributed by atoms with Crippen molar-refractivity contribution < 1.29 is 14.3 Å². The van der Waals surface area contributed by atoms with E-state index < -0.39 is 6.04 Å². The Kier molecular flexibility index (Phi) is 5.93. The molecule has 25 heavy (non-hydrogen) atoms. The number of nitrogens with zero attached hydrogens (tertiary/aromatic N) is 2. The van der Waals surface area contributed by atoms with E-state index in [2.05, 4.69) is 10.3 Å². The Morgan fingerprint density at radius 1 is 1.36 bits per heavy atom. The van der Waals surface area contributed by atoms with Crippen LogP contribution in [-0.2, 0) is 16.1 Å². The third kappa shape index (κ3) is 4.73. The van der Waals surface area contributed by atoms with Crippen LogP contribution < -0.4 is 10.1 Å². The largest absolute Gasteiger partial charge is 0.484 e. The van der Waals surface area contributed by atoms with Crippen molar-refractivity contribution >= 4 is 34.9 Å². The molecule has 1 aromatic heterocycles. The molecule has 1 fully saturated rings. The summed E-state index contributed by atoms with van der Waals surface area (Å²) < 4.78 is 5.50. The van der Waals surface area contributed by atoms with Gasteiger partial charge >= 0.3 is 0 Å². The number of amides is 2. The lowest BCUT2D eigenvalue weighted by atomic mass is 10.2. The summed E-state index contributed by atoms with van der Waals surface area (Å²) in [4.78, 5) is 30.7. The SMILES string of the molecule is Cc1nc(CNC(=O)C2CSCN2C(=O)COc2ccccc2)cs1. The maximum Gasteiger partial charge on any atom is 0.261 e. The second-order valence-electron chi connectivity index (χ2n) is 5.56. The molecule has 1 aromatic carbocycles. The van der Waals surface area contributed by atoms with E-state index >= 15 is 0 Å². The van der Waals surface area contributed by atoms with Crippen molar-refractivity contribution in [3.63, 3.8) is 0 Å². The molecule has 2 amide bonds. The Morgan fingerprint density at radius 2 is 2.16 bits per heavy atom. The molecule has 8 heteroatoms. The molecule has 1 aliphatic rings. The number of benzene rings is 1. The second kappa shape index (κ2) is 8.35. The second-order valence-corrected chi connectivity index (χ2v) is 7.62. The molecule has 0 radical (unpaired) electrons. The molecule has 1 saturated heterocycles. The van der Waals surface area contributed by atoms with E-state index in [-0.39, 0.29) is 18.4 Å². The number of ether oxygens (including phenoxy) is 1. The Labute approximate surface area is 154 Å². The summed E-state index contributed by atoms with van der Waals surface area (Å²) in [7, 11) is 0. The molecule has 0 saturated carbocycles. The predicted octanol–water partition coefficient (Wildman–Crippen LogP) is 2.05. The smallest absolute Gasteiger partial charge is 0.261 e. The van der Waals surface area contributed by atoms with Crippen molar-refractivity contribution in [3.8, 4) is 5.75 Å². The number of hydrogen-bond acceptors (Lipinski definition) is 6. The number of nitrogens with one attached hydrogen (secondary N) is 1. The number of carbonyl (C=O) groups excluding carboxylic acids is 2. The quantitative estimate of drug-likeness (QED) is 0.834. The zero-order valence-electron chi connectivity index (χ0n) is 13.8. The first-order valence-corrected chi connectivity index (χ1v) is 9.90. The first kappa shape index (κ1) is 17.8. The summed E-state index contributed by atoms with van der Waals surface area (Å²) in [6.45, 7) is 2.24. The fraction of sp³-hybridized carbons (Fsp3) is 0.353. The molecular weight excluding hydrogens is 358 g/mol. The number of carbonyl (C=O) groups is 2. The van der Waals surface area contributed by atoms with Gasteiger partial charge in [-0.15, -0.1) is 23.1 Å². The maximum absolute atomic E-state index is 12.4. The van der Waals surface area contributed by atoms with Gasteiger partial charge in [0.1, 0.15) is 11.8 Å². The molecule has 2 aromatic rings. The zero-order chi connectivity index (χ0) is 17.6. The van der Waals surface area contributed by atoms with Crippen molar-refractivity contribution in [2.45, 2.75) is 19.5 Å². The fourth-order valence-electron chi connectivity index (χ4n) is 2.44. The van der Waals surface area contributed by atoms with Gasteiger partial charge in [-0.3, -0.25) is 9.59 Å². The molecule has 1 unspecified atom stereocenters. The molecular formula is C17H19N3O3S2. The van der Waals surface area contributed by atoms with Gasteiger partial charge < -0.3 is 15.0 Å². The molecule has 0 bridgehead atoms. The van der Waals surface area contributed by atoms with Crippen LogP contribution in [0.2, 0.25) is 0 Å². The Hall–Kier alpha value is -2.06. The highest BCUT2D eigenvalue weighted by Gasteiger charge is 2.34. The topological polar surface area (TPSA) is 71.5 Å². The van der Waals surface area contributed by atoms with Gasteiger partial charge in [0, 0.05) is 11.1 Å². The van der Waals surface area contributed by atoms with Gasteiger partial charge in [0.25, 0.3) is 5.91 Å². The highest BCUT2D eigenvalue weighted by Crippen LogP contribution is 2.21. The van der Waals surface area contributed by atoms with Gasteiger partial charge in [0.2, 0.25) is 5.91 Å². The Morgan fingerprint density at radius 3 is 2.88 bits per heavy atom. The number of hydrogen-bond donors (Lipinski definition) is 1. The van der Waals surface area contributed by atoms with Crippen LogP contribution in [0.1, 0.15) is 10.7 Å². The number of aryl methyl sites for hydroxylation is 1. The summed E-state index contributed by atoms with van der Waals surface area (Å²) in [5.74, 6) is 1.41. The standard InChI is InChI=1S/C17H19N3O3S2/c1-12-19-13(9-25-12)7-18-17(22)15-10-24-11-20(15)16(21)8-23-14-5-3-2-4-6-14/h2-6,9,15H,7-8,10-11H2,1H3,(H,18,22). The lowest BCUT2D eigenvalue weighted by Crippen LogP contribution is -2.48. The number of aromatic nitrogens is 1. The Balaban J connectivity index is 1.52. The summed E-state index contributed by atoms with van der Waals surface area (Å²) in [5, 5.41) is 5.76. The average molecular weight is 377 g/mol. The van der Waals surface area contributed by atoms with Gasteiger partial charge in [-0.2, -0.15) is 0 Å². The first-order valence-electron chi connectivity index (χ1n) is 7.87. The summed E-state index contributed by atoms with van der Waals surface area (Å²) in [6, 6.07) is 8.72. The van der Waals surface area contributed by atoms with E-state index in [0.717, 1.165) is 10.7 Å². The van der Waals surface area contributed by atoms with Crippen LogP contribution in [0, 0.1) is 6.92 Å². The van der Waals surface area contributed by atoms with E-state index in [9.17, 15) is 9.59 Å². The average Bonchev–Trinajstić information content (AvgIpc) is 3.27. The van der Waals surface area contributed by atoms with Crippen molar-refractivity contribution in [2.75, 3.05) is 18.2 Å². The highest BCUT2D eigenvalue weighted by molar-refractivity contribution is 7.99. The van der Waals surface area contributed by atoms with Crippen LogP contribution >= 0.6 is 23.1 Å².